The number of hydrogen-bond acceptors (Lipinski definition) is 11. The minimum Gasteiger partial charge on any atom is -0.459 e. The molecule has 5 atom stereocenters. The molecule has 1 fully saturated rings. The lowest BCUT2D eigenvalue weighted by molar-refractivity contribution is -0.384. The number of non-ortho nitro benzene ring substituents is 1. The Hall–Kier alpha value is -4.65. The van der Waals surface area contributed by atoms with Crippen molar-refractivity contribution in [3.63, 3.8) is 0 Å². The second-order valence-corrected chi connectivity index (χ2v) is 8.64. The minimum atomic E-state index is -1.61. The molecule has 5 unspecified atom stereocenters. The van der Waals surface area contributed by atoms with Gasteiger partial charge in [0.15, 0.2) is 18.5 Å². The molecule has 3 aromatic rings. The van der Waals surface area contributed by atoms with E-state index in [9.17, 15) is 29.6 Å². The van der Waals surface area contributed by atoms with Gasteiger partial charge in [0.25, 0.3) is 5.69 Å². The van der Waals surface area contributed by atoms with Gasteiger partial charge in [-0.3, -0.25) is 10.1 Å². The van der Waals surface area contributed by atoms with Crippen molar-refractivity contribution in [2.45, 2.75) is 30.7 Å². The Balaban J connectivity index is 1.53. The van der Waals surface area contributed by atoms with Crippen LogP contribution in [0.2, 0.25) is 0 Å². The highest BCUT2D eigenvalue weighted by atomic mass is 16.7. The third kappa shape index (κ3) is 6.67. The van der Waals surface area contributed by atoms with Crippen LogP contribution in [0, 0.1) is 10.1 Å². The molecule has 4 rings (SSSR count). The largest absolute Gasteiger partial charge is 0.459 e. The molecular weight excluding hydrogens is 526 g/mol. The van der Waals surface area contributed by atoms with Crippen molar-refractivity contribution in [2.75, 3.05) is 13.7 Å². The number of aliphatic hydroxyl groups excluding tert-OH is 1. The first-order valence-corrected chi connectivity index (χ1v) is 12.1. The predicted octanol–water partition coefficient (Wildman–Crippen LogP) is 2.94. The minimum absolute atomic E-state index is 0.0286. The predicted molar refractivity (Wildman–Crippen MR) is 136 cm³/mol. The number of rotatable bonds is 9. The van der Waals surface area contributed by atoms with Crippen LogP contribution in [0.3, 0.4) is 0 Å². The average molecular weight is 552 g/mol. The molecule has 0 amide bonds. The fraction of sp³-hybridized carbons (Fsp3) is 0.250. The van der Waals surface area contributed by atoms with E-state index in [1.54, 1.807) is 36.4 Å². The molecular formula is C28H25NO11. The van der Waals surface area contributed by atoms with Crippen LogP contribution >= 0.6 is 0 Å². The van der Waals surface area contributed by atoms with Crippen LogP contribution in [0.25, 0.3) is 0 Å². The van der Waals surface area contributed by atoms with Gasteiger partial charge in [0.2, 0.25) is 0 Å². The van der Waals surface area contributed by atoms with Crippen molar-refractivity contribution in [3.05, 3.63) is 112 Å². The lowest BCUT2D eigenvalue weighted by Gasteiger charge is -2.42. The molecule has 1 saturated heterocycles. The number of aliphatic hydroxyl groups is 1. The second-order valence-electron chi connectivity index (χ2n) is 8.64. The summed E-state index contributed by atoms with van der Waals surface area (Å²) >= 11 is 0. The Morgan fingerprint density at radius 1 is 0.800 bits per heavy atom. The first-order chi connectivity index (χ1) is 19.3. The first kappa shape index (κ1) is 28.4. The van der Waals surface area contributed by atoms with Crippen molar-refractivity contribution in [1.29, 1.82) is 0 Å². The zero-order valence-corrected chi connectivity index (χ0v) is 21.2. The summed E-state index contributed by atoms with van der Waals surface area (Å²) in [6.45, 7) is -0.504. The van der Waals surface area contributed by atoms with Crippen LogP contribution in [0.4, 0.5) is 5.69 Å². The maximum Gasteiger partial charge on any atom is 0.338 e. The van der Waals surface area contributed by atoms with Crippen molar-refractivity contribution >= 4 is 23.6 Å². The van der Waals surface area contributed by atoms with Gasteiger partial charge in [0.05, 0.1) is 21.6 Å². The summed E-state index contributed by atoms with van der Waals surface area (Å²) in [5.74, 6) is -2.41. The highest BCUT2D eigenvalue weighted by Crippen LogP contribution is 2.29. The van der Waals surface area contributed by atoms with Crippen LogP contribution in [-0.2, 0) is 23.7 Å². The SMILES string of the molecule is COC1OC(COC(=O)c2ccc([N+](=O)[O-])cc2)C(O)C(OC(=O)c2ccccc2)C1OC(=O)c1ccccc1. The highest BCUT2D eigenvalue weighted by molar-refractivity contribution is 5.91. The number of ether oxygens (including phenoxy) is 5. The fourth-order valence-corrected chi connectivity index (χ4v) is 3.97. The van der Waals surface area contributed by atoms with Crippen molar-refractivity contribution in [1.82, 2.24) is 0 Å². The molecule has 1 N–H and O–H groups in total. The summed E-state index contributed by atoms with van der Waals surface area (Å²) in [6.07, 6.45) is -7.04. The number of carbonyl (C=O) groups is 3. The summed E-state index contributed by atoms with van der Waals surface area (Å²) < 4.78 is 27.5. The average Bonchev–Trinajstić information content (AvgIpc) is 2.99. The highest BCUT2D eigenvalue weighted by Gasteiger charge is 2.50. The van der Waals surface area contributed by atoms with E-state index >= 15 is 0 Å². The van der Waals surface area contributed by atoms with Gasteiger partial charge < -0.3 is 28.8 Å². The number of benzene rings is 3. The third-order valence-corrected chi connectivity index (χ3v) is 6.05. The van der Waals surface area contributed by atoms with E-state index in [2.05, 4.69) is 0 Å². The van der Waals surface area contributed by atoms with E-state index < -0.39 is 60.1 Å². The van der Waals surface area contributed by atoms with Crippen LogP contribution in [0.5, 0.6) is 0 Å². The molecule has 0 saturated carbocycles. The molecule has 0 spiro atoms. The molecule has 0 aromatic heterocycles. The topological polar surface area (TPSA) is 161 Å². The summed E-state index contributed by atoms with van der Waals surface area (Å²) in [5.41, 5.74) is 0.217. The Morgan fingerprint density at radius 3 is 1.80 bits per heavy atom. The molecule has 1 heterocycles. The molecule has 1 aliphatic rings. The number of nitro benzene ring substituents is 1. The standard InChI is InChI=1S/C28H25NO11/c1-36-28-24(40-27(33)18-10-6-3-7-11-18)23(39-26(32)17-8-4-2-5-9-17)22(30)21(38-28)16-37-25(31)19-12-14-20(15-13-19)29(34)35/h2-15,21-24,28,30H,16H2,1H3. The Morgan fingerprint density at radius 2 is 1.30 bits per heavy atom. The number of carbonyl (C=O) groups excluding carboxylic acids is 3. The molecule has 0 aliphatic carbocycles. The molecule has 1 aliphatic heterocycles. The molecule has 0 radical (unpaired) electrons. The third-order valence-electron chi connectivity index (χ3n) is 6.05. The number of methoxy groups -OCH3 is 1. The van der Waals surface area contributed by atoms with E-state index in [0.29, 0.717) is 0 Å². The molecule has 12 heteroatoms. The van der Waals surface area contributed by atoms with Gasteiger partial charge in [0, 0.05) is 19.2 Å². The van der Waals surface area contributed by atoms with Crippen molar-refractivity contribution in [3.8, 4) is 0 Å². The molecule has 40 heavy (non-hydrogen) atoms. The first-order valence-electron chi connectivity index (χ1n) is 12.1. The Labute approximate surface area is 228 Å². The molecule has 12 nitrogen and oxygen atoms in total. The van der Waals surface area contributed by atoms with Gasteiger partial charge in [-0.1, -0.05) is 36.4 Å². The monoisotopic (exact) mass is 551 g/mol. The molecule has 3 aromatic carbocycles. The van der Waals surface area contributed by atoms with E-state index in [4.69, 9.17) is 23.7 Å². The van der Waals surface area contributed by atoms with Gasteiger partial charge in [-0.05, 0) is 36.4 Å². The molecule has 208 valence electrons. The zero-order chi connectivity index (χ0) is 28.6. The Kier molecular flexibility index (Phi) is 9.17. The zero-order valence-electron chi connectivity index (χ0n) is 21.2. The summed E-state index contributed by atoms with van der Waals surface area (Å²) in [4.78, 5) is 48.5. The second kappa shape index (κ2) is 12.9. The van der Waals surface area contributed by atoms with Crippen molar-refractivity contribution < 1.29 is 48.1 Å². The van der Waals surface area contributed by atoms with E-state index in [-0.39, 0.29) is 22.4 Å². The smallest absolute Gasteiger partial charge is 0.338 e. The van der Waals surface area contributed by atoms with Crippen molar-refractivity contribution in [2.24, 2.45) is 0 Å². The van der Waals surface area contributed by atoms with E-state index in [1.165, 1.54) is 43.5 Å². The van der Waals surface area contributed by atoms with Crippen LogP contribution in [0.1, 0.15) is 31.1 Å². The van der Waals surface area contributed by atoms with Gasteiger partial charge in [0.1, 0.15) is 18.8 Å². The van der Waals surface area contributed by atoms with E-state index in [1.807, 2.05) is 0 Å². The Bertz CT molecular complexity index is 1330. The van der Waals surface area contributed by atoms with Crippen LogP contribution in [0.15, 0.2) is 84.9 Å². The summed E-state index contributed by atoms with van der Waals surface area (Å²) in [7, 11) is 1.27. The van der Waals surface area contributed by atoms with Crippen LogP contribution in [-0.4, -0.2) is 72.4 Å². The number of hydrogen-bond donors (Lipinski definition) is 1. The maximum absolute atomic E-state index is 12.9. The van der Waals surface area contributed by atoms with Gasteiger partial charge >= 0.3 is 17.9 Å². The molecule has 0 bridgehead atoms. The number of esters is 3. The summed E-state index contributed by atoms with van der Waals surface area (Å²) in [6, 6.07) is 20.8. The summed E-state index contributed by atoms with van der Waals surface area (Å²) in [5, 5.41) is 22.0. The number of nitro groups is 1. The van der Waals surface area contributed by atoms with E-state index in [0.717, 1.165) is 12.1 Å². The quantitative estimate of drug-likeness (QED) is 0.180. The van der Waals surface area contributed by atoms with Crippen LogP contribution < -0.4 is 0 Å². The lowest BCUT2D eigenvalue weighted by Crippen LogP contribution is -2.61. The van der Waals surface area contributed by atoms with Gasteiger partial charge in [-0.2, -0.15) is 0 Å². The normalized spacial score (nSPS) is 22.1. The fourth-order valence-electron chi connectivity index (χ4n) is 3.97. The maximum atomic E-state index is 12.9. The number of nitrogens with zero attached hydrogens (tertiary/aromatic N) is 1. The van der Waals surface area contributed by atoms with Gasteiger partial charge in [-0.15, -0.1) is 0 Å². The van der Waals surface area contributed by atoms with Gasteiger partial charge in [-0.25, -0.2) is 14.4 Å². The lowest BCUT2D eigenvalue weighted by atomic mass is 9.98.